The van der Waals surface area contributed by atoms with Crippen LogP contribution in [-0.4, -0.2) is 24.7 Å². The van der Waals surface area contributed by atoms with Gasteiger partial charge in [-0.15, -0.1) is 0 Å². The van der Waals surface area contributed by atoms with Crippen LogP contribution in [0.25, 0.3) is 0 Å². The van der Waals surface area contributed by atoms with E-state index in [4.69, 9.17) is 4.84 Å². The Kier molecular flexibility index (Phi) is 8.46. The molecule has 26 heavy (non-hydrogen) atoms. The summed E-state index contributed by atoms with van der Waals surface area (Å²) in [5.74, 6) is 1.02. The van der Waals surface area contributed by atoms with E-state index in [-0.39, 0.29) is 11.6 Å². The third-order valence-corrected chi connectivity index (χ3v) is 5.37. The maximum Gasteiger partial charge on any atom is 0.170 e. The van der Waals surface area contributed by atoms with Crippen molar-refractivity contribution in [3.63, 3.8) is 0 Å². The molecule has 0 radical (unpaired) electrons. The molecule has 4 heteroatoms. The van der Waals surface area contributed by atoms with Crippen molar-refractivity contribution in [2.45, 2.75) is 65.7 Å². The predicted molar refractivity (Wildman–Crippen MR) is 105 cm³/mol. The summed E-state index contributed by atoms with van der Waals surface area (Å²) >= 11 is 0. The number of ketones is 2. The Labute approximate surface area is 157 Å². The molecule has 2 atom stereocenters. The molecule has 144 valence electrons. The van der Waals surface area contributed by atoms with Crippen LogP contribution in [0.4, 0.5) is 0 Å². The third-order valence-electron chi connectivity index (χ3n) is 5.37. The van der Waals surface area contributed by atoms with Gasteiger partial charge in [0, 0.05) is 19.4 Å². The second-order valence-electron chi connectivity index (χ2n) is 7.56. The van der Waals surface area contributed by atoms with Crippen LogP contribution >= 0.6 is 0 Å². The number of carbonyl (C=O) groups excluding carboxylic acids is 2. The number of allylic oxidation sites excluding steroid dienone is 6. The number of hydrogen-bond donors (Lipinski definition) is 1. The van der Waals surface area contributed by atoms with Crippen molar-refractivity contribution in [3.8, 4) is 0 Å². The highest BCUT2D eigenvalue weighted by Crippen LogP contribution is 2.32. The van der Waals surface area contributed by atoms with E-state index in [1.165, 1.54) is 18.4 Å². The van der Waals surface area contributed by atoms with Gasteiger partial charge in [0.15, 0.2) is 11.6 Å². The highest BCUT2D eigenvalue weighted by Gasteiger charge is 2.27. The molecule has 0 aliphatic heterocycles. The predicted octanol–water partition coefficient (Wildman–Crippen LogP) is 4.48. The fourth-order valence-electron chi connectivity index (χ4n) is 3.73. The molecule has 0 amide bonds. The first-order chi connectivity index (χ1) is 12.5. The Bertz CT molecular complexity index is 579. The molecule has 0 saturated heterocycles. The molecule has 1 fully saturated rings. The summed E-state index contributed by atoms with van der Waals surface area (Å²) in [6.45, 7) is 7.68. The molecule has 0 aromatic rings. The number of carbonyl (C=O) groups is 2. The molecule has 4 nitrogen and oxygen atoms in total. The molecule has 2 unspecified atom stereocenters. The van der Waals surface area contributed by atoms with Gasteiger partial charge in [-0.2, -0.15) is 0 Å². The highest BCUT2D eigenvalue weighted by molar-refractivity contribution is 6.23. The van der Waals surface area contributed by atoms with Gasteiger partial charge in [0.05, 0.1) is 12.2 Å². The van der Waals surface area contributed by atoms with Gasteiger partial charge in [0.2, 0.25) is 0 Å². The van der Waals surface area contributed by atoms with E-state index >= 15 is 0 Å². The summed E-state index contributed by atoms with van der Waals surface area (Å²) in [6, 6.07) is 0. The van der Waals surface area contributed by atoms with E-state index < -0.39 is 0 Å². The van der Waals surface area contributed by atoms with E-state index in [0.29, 0.717) is 36.9 Å². The summed E-state index contributed by atoms with van der Waals surface area (Å²) in [5, 5.41) is 0. The zero-order valence-electron chi connectivity index (χ0n) is 16.5. The molecule has 0 aromatic carbocycles. The fraction of sp³-hybridized carbons (Fsp3) is 0.636. The molecule has 0 bridgehead atoms. The largest absolute Gasteiger partial charge is 0.302 e. The Morgan fingerprint density at radius 3 is 2.65 bits per heavy atom. The van der Waals surface area contributed by atoms with Crippen molar-refractivity contribution < 1.29 is 14.4 Å². The summed E-state index contributed by atoms with van der Waals surface area (Å²) in [4.78, 5) is 29.9. The van der Waals surface area contributed by atoms with E-state index in [0.717, 1.165) is 31.4 Å². The Morgan fingerprint density at radius 2 is 2.04 bits per heavy atom. The van der Waals surface area contributed by atoms with Crippen LogP contribution in [-0.2, 0) is 14.4 Å². The first kappa shape index (κ1) is 20.8. The van der Waals surface area contributed by atoms with E-state index in [1.807, 2.05) is 13.0 Å². The van der Waals surface area contributed by atoms with Gasteiger partial charge in [0.25, 0.3) is 0 Å². The minimum atomic E-state index is -0.0168. The minimum Gasteiger partial charge on any atom is -0.302 e. The topological polar surface area (TPSA) is 55.4 Å². The summed E-state index contributed by atoms with van der Waals surface area (Å²) in [6.07, 6.45) is 12.2. The second kappa shape index (κ2) is 10.6. The first-order valence-electron chi connectivity index (χ1n) is 9.97. The molecular weight excluding hydrogens is 326 g/mol. The average Bonchev–Trinajstić information content (AvgIpc) is 2.60. The van der Waals surface area contributed by atoms with Crippen molar-refractivity contribution in [3.05, 3.63) is 34.9 Å². The first-order valence-corrected chi connectivity index (χ1v) is 9.97. The van der Waals surface area contributed by atoms with Gasteiger partial charge in [-0.3, -0.25) is 9.59 Å². The van der Waals surface area contributed by atoms with Crippen LogP contribution in [0, 0.1) is 11.8 Å². The normalized spacial score (nSPS) is 22.3. The second-order valence-corrected chi connectivity index (χ2v) is 7.56. The van der Waals surface area contributed by atoms with Crippen molar-refractivity contribution in [1.29, 1.82) is 0 Å². The molecule has 0 heterocycles. The molecule has 1 N–H and O–H groups in total. The van der Waals surface area contributed by atoms with Crippen molar-refractivity contribution in [2.75, 3.05) is 13.2 Å². The van der Waals surface area contributed by atoms with Gasteiger partial charge in [-0.25, -0.2) is 5.48 Å². The van der Waals surface area contributed by atoms with Crippen LogP contribution in [0.5, 0.6) is 0 Å². The molecule has 0 spiro atoms. The SMILES string of the molecule is CCONCCCC=C1C(=O)CC(=CC(C)C2CC=C(C)CC2)CC1=O. The van der Waals surface area contributed by atoms with Crippen LogP contribution in [0.15, 0.2) is 34.9 Å². The zero-order valence-corrected chi connectivity index (χ0v) is 16.5. The number of rotatable bonds is 8. The molecular formula is C22H33NO3. The minimum absolute atomic E-state index is 0.0168. The van der Waals surface area contributed by atoms with Crippen LogP contribution in [0.2, 0.25) is 0 Å². The molecule has 1 saturated carbocycles. The Hall–Kier alpha value is -1.52. The molecule has 2 rings (SSSR count). The third kappa shape index (κ3) is 6.33. The summed E-state index contributed by atoms with van der Waals surface area (Å²) < 4.78 is 0. The van der Waals surface area contributed by atoms with Crippen LogP contribution in [0.3, 0.4) is 0 Å². The smallest absolute Gasteiger partial charge is 0.170 e. The molecule has 2 aliphatic rings. The fourth-order valence-corrected chi connectivity index (χ4v) is 3.73. The Morgan fingerprint density at radius 1 is 1.31 bits per heavy atom. The maximum absolute atomic E-state index is 12.4. The van der Waals surface area contributed by atoms with Crippen molar-refractivity contribution in [2.24, 2.45) is 11.8 Å². The lowest BCUT2D eigenvalue weighted by Crippen LogP contribution is -2.22. The lowest BCUT2D eigenvalue weighted by Gasteiger charge is -2.26. The van der Waals surface area contributed by atoms with Crippen LogP contribution < -0.4 is 5.48 Å². The summed E-state index contributed by atoms with van der Waals surface area (Å²) in [5.41, 5.74) is 5.74. The zero-order chi connectivity index (χ0) is 18.9. The van der Waals surface area contributed by atoms with Crippen molar-refractivity contribution >= 4 is 11.6 Å². The quantitative estimate of drug-likeness (QED) is 0.228. The highest BCUT2D eigenvalue weighted by atomic mass is 16.6. The average molecular weight is 360 g/mol. The van der Waals surface area contributed by atoms with Gasteiger partial charge in [0.1, 0.15) is 0 Å². The number of nitrogens with one attached hydrogen (secondary N) is 1. The number of hydroxylamine groups is 1. The van der Waals surface area contributed by atoms with Gasteiger partial charge < -0.3 is 4.84 Å². The van der Waals surface area contributed by atoms with Crippen LogP contribution in [0.1, 0.15) is 65.7 Å². The number of hydrogen-bond acceptors (Lipinski definition) is 4. The van der Waals surface area contributed by atoms with E-state index in [1.54, 1.807) is 0 Å². The lowest BCUT2D eigenvalue weighted by atomic mass is 9.79. The van der Waals surface area contributed by atoms with E-state index in [9.17, 15) is 9.59 Å². The monoisotopic (exact) mass is 359 g/mol. The molecule has 0 aromatic heterocycles. The number of Topliss-reactive ketones (excluding diaryl/α,β-unsaturated/α-hetero) is 2. The standard InChI is InChI=1S/C22H33NO3/c1-4-26-23-12-6-5-7-20-21(24)14-18(15-22(20)25)13-17(3)19-10-8-16(2)9-11-19/h7-8,13,17,19,23H,4-6,9-12,14-15H2,1-3H3. The molecule has 2 aliphatic carbocycles. The van der Waals surface area contributed by atoms with Gasteiger partial charge >= 0.3 is 0 Å². The van der Waals surface area contributed by atoms with E-state index in [2.05, 4.69) is 31.5 Å². The van der Waals surface area contributed by atoms with Gasteiger partial charge in [-0.05, 0) is 57.8 Å². The Balaban J connectivity index is 1.86. The number of unbranched alkanes of at least 4 members (excludes halogenated alkanes) is 1. The van der Waals surface area contributed by atoms with Gasteiger partial charge in [-0.1, -0.05) is 36.3 Å². The maximum atomic E-state index is 12.4. The van der Waals surface area contributed by atoms with Crippen molar-refractivity contribution in [1.82, 2.24) is 5.48 Å². The summed E-state index contributed by atoms with van der Waals surface area (Å²) in [7, 11) is 0. The lowest BCUT2D eigenvalue weighted by molar-refractivity contribution is -0.122.